The van der Waals surface area contributed by atoms with Crippen LogP contribution in [0, 0.1) is 5.92 Å². The van der Waals surface area contributed by atoms with Gasteiger partial charge in [0.05, 0.1) is 0 Å². The van der Waals surface area contributed by atoms with Crippen molar-refractivity contribution in [3.8, 4) is 0 Å². The third-order valence-electron chi connectivity index (χ3n) is 2.93. The zero-order valence-corrected chi connectivity index (χ0v) is 12.1. The number of anilines is 2. The summed E-state index contributed by atoms with van der Waals surface area (Å²) >= 11 is 0. The van der Waals surface area contributed by atoms with Gasteiger partial charge in [0, 0.05) is 38.1 Å². The smallest absolute Gasteiger partial charge is 0.227 e. The van der Waals surface area contributed by atoms with Crippen LogP contribution in [0.5, 0.6) is 0 Å². The molecule has 4 nitrogen and oxygen atoms in total. The third-order valence-corrected chi connectivity index (χ3v) is 2.93. The highest BCUT2D eigenvalue weighted by molar-refractivity contribution is 5.93. The lowest BCUT2D eigenvalue weighted by molar-refractivity contribution is -0.119. The topological polar surface area (TPSA) is 55.6 Å². The average Bonchev–Trinajstić information content (AvgIpc) is 2.37. The molecule has 0 spiro atoms. The Morgan fingerprint density at radius 2 is 2.00 bits per heavy atom. The molecule has 0 radical (unpaired) electrons. The molecular formula is C15H24N2O2. The minimum absolute atomic E-state index is 0.135. The number of hydrogen-bond acceptors (Lipinski definition) is 3. The number of amides is 1. The van der Waals surface area contributed by atoms with Crippen LogP contribution in [-0.2, 0) is 9.53 Å². The first-order chi connectivity index (χ1) is 9.08. The van der Waals surface area contributed by atoms with Gasteiger partial charge in [-0.15, -0.1) is 0 Å². The van der Waals surface area contributed by atoms with Crippen LogP contribution < -0.4 is 10.6 Å². The third kappa shape index (κ3) is 4.91. The van der Waals surface area contributed by atoms with Crippen LogP contribution in [0.15, 0.2) is 24.3 Å². The van der Waals surface area contributed by atoms with E-state index in [2.05, 4.69) is 6.92 Å². The van der Waals surface area contributed by atoms with Crippen LogP contribution in [0.3, 0.4) is 0 Å². The van der Waals surface area contributed by atoms with E-state index in [0.29, 0.717) is 18.7 Å². The molecule has 19 heavy (non-hydrogen) atoms. The highest BCUT2D eigenvalue weighted by Crippen LogP contribution is 2.19. The van der Waals surface area contributed by atoms with Crippen molar-refractivity contribution in [1.82, 2.24) is 0 Å². The van der Waals surface area contributed by atoms with E-state index in [4.69, 9.17) is 10.5 Å². The van der Waals surface area contributed by atoms with Crippen LogP contribution in [0.25, 0.3) is 0 Å². The van der Waals surface area contributed by atoms with Crippen molar-refractivity contribution in [3.05, 3.63) is 24.3 Å². The van der Waals surface area contributed by atoms with Crippen molar-refractivity contribution in [2.45, 2.75) is 26.7 Å². The predicted octanol–water partition coefficient (Wildman–Crippen LogP) is 2.68. The Bertz CT molecular complexity index is 390. The molecule has 0 aliphatic carbocycles. The number of nitrogens with zero attached hydrogens (tertiary/aromatic N) is 1. The maximum Gasteiger partial charge on any atom is 0.227 e. The molecule has 1 aromatic rings. The van der Waals surface area contributed by atoms with Crippen molar-refractivity contribution in [1.29, 1.82) is 0 Å². The summed E-state index contributed by atoms with van der Waals surface area (Å²) in [4.78, 5) is 14.2. The molecule has 0 saturated heterocycles. The molecule has 1 unspecified atom stereocenters. The van der Waals surface area contributed by atoms with Gasteiger partial charge in [-0.05, 0) is 36.6 Å². The zero-order valence-electron chi connectivity index (χ0n) is 12.1. The van der Waals surface area contributed by atoms with Crippen molar-refractivity contribution in [2.24, 2.45) is 5.92 Å². The molecule has 0 heterocycles. The van der Waals surface area contributed by atoms with Crippen LogP contribution in [-0.4, -0.2) is 26.2 Å². The monoisotopic (exact) mass is 264 g/mol. The lowest BCUT2D eigenvalue weighted by Crippen LogP contribution is -2.33. The number of carbonyl (C=O) groups excluding carboxylic acids is 1. The maximum atomic E-state index is 12.3. The fourth-order valence-corrected chi connectivity index (χ4v) is 2.03. The molecule has 0 saturated carbocycles. The van der Waals surface area contributed by atoms with E-state index in [0.717, 1.165) is 18.7 Å². The zero-order chi connectivity index (χ0) is 14.3. The molecule has 0 aliphatic rings. The van der Waals surface area contributed by atoms with E-state index < -0.39 is 0 Å². The number of carbonyl (C=O) groups is 1. The van der Waals surface area contributed by atoms with E-state index in [1.807, 2.05) is 36.1 Å². The number of rotatable bonds is 7. The van der Waals surface area contributed by atoms with Crippen LogP contribution >= 0.6 is 0 Å². The summed E-state index contributed by atoms with van der Waals surface area (Å²) in [5.74, 6) is 0.363. The van der Waals surface area contributed by atoms with Crippen molar-refractivity contribution in [2.75, 3.05) is 30.9 Å². The Kier molecular flexibility index (Phi) is 6.36. The van der Waals surface area contributed by atoms with Gasteiger partial charge in [-0.2, -0.15) is 0 Å². The molecule has 1 rings (SSSR count). The van der Waals surface area contributed by atoms with Crippen LogP contribution in [0.2, 0.25) is 0 Å². The van der Waals surface area contributed by atoms with Gasteiger partial charge < -0.3 is 15.4 Å². The van der Waals surface area contributed by atoms with E-state index in [1.165, 1.54) is 0 Å². The van der Waals surface area contributed by atoms with Gasteiger partial charge in [-0.3, -0.25) is 4.79 Å². The summed E-state index contributed by atoms with van der Waals surface area (Å²) in [6, 6.07) is 7.43. The summed E-state index contributed by atoms with van der Waals surface area (Å²) in [7, 11) is 1.66. The standard InChI is InChI=1S/C15H24N2O2/c1-4-9-17(14-7-5-13(16)6-8-14)15(18)10-12(2)11-19-3/h5-8,12H,4,9-11,16H2,1-3H3. The second-order valence-corrected chi connectivity index (χ2v) is 4.90. The van der Waals surface area contributed by atoms with E-state index in [-0.39, 0.29) is 11.8 Å². The predicted molar refractivity (Wildman–Crippen MR) is 79.2 cm³/mol. The Balaban J connectivity index is 2.76. The normalized spacial score (nSPS) is 12.2. The summed E-state index contributed by atoms with van der Waals surface area (Å²) in [6.07, 6.45) is 1.42. The first kappa shape index (κ1) is 15.5. The van der Waals surface area contributed by atoms with Crippen molar-refractivity contribution >= 4 is 17.3 Å². The minimum atomic E-state index is 0.135. The fraction of sp³-hybridized carbons (Fsp3) is 0.533. The summed E-state index contributed by atoms with van der Waals surface area (Å²) in [5.41, 5.74) is 7.29. The Morgan fingerprint density at radius 3 is 2.53 bits per heavy atom. The second kappa shape index (κ2) is 7.79. The van der Waals surface area contributed by atoms with Crippen LogP contribution in [0.1, 0.15) is 26.7 Å². The Morgan fingerprint density at radius 1 is 1.37 bits per heavy atom. The SMILES string of the molecule is CCCN(C(=O)CC(C)COC)c1ccc(N)cc1. The van der Waals surface area contributed by atoms with E-state index >= 15 is 0 Å². The number of nitrogens with two attached hydrogens (primary N) is 1. The number of methoxy groups -OCH3 is 1. The molecule has 4 heteroatoms. The fourth-order valence-electron chi connectivity index (χ4n) is 2.03. The molecule has 1 amide bonds. The highest BCUT2D eigenvalue weighted by Gasteiger charge is 2.17. The molecule has 0 bridgehead atoms. The lowest BCUT2D eigenvalue weighted by atomic mass is 10.1. The number of ether oxygens (including phenoxy) is 1. The largest absolute Gasteiger partial charge is 0.399 e. The molecule has 106 valence electrons. The van der Waals surface area contributed by atoms with Gasteiger partial charge in [-0.1, -0.05) is 13.8 Å². The molecule has 0 aliphatic heterocycles. The lowest BCUT2D eigenvalue weighted by Gasteiger charge is -2.24. The summed E-state index contributed by atoms with van der Waals surface area (Å²) < 4.78 is 5.08. The second-order valence-electron chi connectivity index (χ2n) is 4.90. The highest BCUT2D eigenvalue weighted by atomic mass is 16.5. The average molecular weight is 264 g/mol. The van der Waals surface area contributed by atoms with Gasteiger partial charge in [-0.25, -0.2) is 0 Å². The Labute approximate surface area is 115 Å². The molecule has 0 aromatic heterocycles. The first-order valence-corrected chi connectivity index (χ1v) is 6.73. The molecular weight excluding hydrogens is 240 g/mol. The van der Waals surface area contributed by atoms with Gasteiger partial charge in [0.1, 0.15) is 0 Å². The first-order valence-electron chi connectivity index (χ1n) is 6.73. The Hall–Kier alpha value is -1.55. The number of benzene rings is 1. The summed E-state index contributed by atoms with van der Waals surface area (Å²) in [5, 5.41) is 0. The molecule has 2 N–H and O–H groups in total. The van der Waals surface area contributed by atoms with E-state index in [1.54, 1.807) is 7.11 Å². The molecule has 1 atom stereocenters. The van der Waals surface area contributed by atoms with Gasteiger partial charge >= 0.3 is 0 Å². The van der Waals surface area contributed by atoms with Crippen LogP contribution in [0.4, 0.5) is 11.4 Å². The maximum absolute atomic E-state index is 12.3. The molecule has 0 fully saturated rings. The van der Waals surface area contributed by atoms with E-state index in [9.17, 15) is 4.79 Å². The number of hydrogen-bond donors (Lipinski definition) is 1. The van der Waals surface area contributed by atoms with Crippen molar-refractivity contribution in [3.63, 3.8) is 0 Å². The van der Waals surface area contributed by atoms with Gasteiger partial charge in [0.15, 0.2) is 0 Å². The minimum Gasteiger partial charge on any atom is -0.399 e. The molecule has 1 aromatic carbocycles. The van der Waals surface area contributed by atoms with Crippen molar-refractivity contribution < 1.29 is 9.53 Å². The van der Waals surface area contributed by atoms with Gasteiger partial charge in [0.25, 0.3) is 0 Å². The summed E-state index contributed by atoms with van der Waals surface area (Å²) in [6.45, 7) is 5.42. The number of nitrogen functional groups attached to an aromatic ring is 1. The quantitative estimate of drug-likeness (QED) is 0.770. The van der Waals surface area contributed by atoms with Gasteiger partial charge in [0.2, 0.25) is 5.91 Å².